The lowest BCUT2D eigenvalue weighted by Crippen LogP contribution is -2.34. The van der Waals surface area contributed by atoms with Gasteiger partial charge < -0.3 is 4.57 Å². The first kappa shape index (κ1) is 20.2. The molecule has 2 heterocycles. The van der Waals surface area contributed by atoms with Gasteiger partial charge in [-0.05, 0) is 56.6 Å². The van der Waals surface area contributed by atoms with E-state index in [1.54, 1.807) is 0 Å². The van der Waals surface area contributed by atoms with Crippen molar-refractivity contribution in [3.8, 4) is 27.9 Å². The summed E-state index contributed by atoms with van der Waals surface area (Å²) in [5, 5.41) is 2.62. The summed E-state index contributed by atoms with van der Waals surface area (Å²) >= 11 is 0. The third-order valence-corrected chi connectivity index (χ3v) is 8.79. The first-order valence-corrected chi connectivity index (χ1v) is 13.3. The maximum absolute atomic E-state index is 2.51. The van der Waals surface area contributed by atoms with E-state index in [2.05, 4.69) is 144 Å². The number of rotatable bonds is 1. The minimum Gasteiger partial charge on any atom is -0.309 e. The molecule has 0 fully saturated rings. The highest BCUT2D eigenvalue weighted by Gasteiger charge is 2.51. The first-order valence-electron chi connectivity index (χ1n) is 13.3. The minimum absolute atomic E-state index is 0.418. The van der Waals surface area contributed by atoms with Crippen LogP contribution in [0, 0.1) is 0 Å². The van der Waals surface area contributed by atoms with Crippen molar-refractivity contribution in [3.05, 3.63) is 162 Å². The molecule has 0 N–H and O–H groups in total. The standard InChI is InChI=1S/C37H23N/c1-2-12-24(13-3-1)25-16-10-17-28-26-14-4-6-19-30(26)37(35(25)28)31-20-7-9-23-34(31)38-33-22-8-5-15-27(33)29-18-11-21-32(37)36(29)38/h1-23H. The fraction of sp³-hybridized carbons (Fsp3) is 0.0270. The molecule has 6 aromatic carbocycles. The zero-order chi connectivity index (χ0) is 24.8. The van der Waals surface area contributed by atoms with E-state index in [4.69, 9.17) is 0 Å². The van der Waals surface area contributed by atoms with Crippen molar-refractivity contribution in [1.29, 1.82) is 0 Å². The van der Waals surface area contributed by atoms with Gasteiger partial charge >= 0.3 is 0 Å². The SMILES string of the molecule is c1ccc(-c2cccc3c2C2(c4ccccc4-3)c3ccccc3-n3c4ccccc4c4cccc2c43)cc1. The maximum atomic E-state index is 2.51. The Balaban J connectivity index is 1.57. The smallest absolute Gasteiger partial charge is 0.0760 e. The van der Waals surface area contributed by atoms with Crippen LogP contribution in [0.15, 0.2) is 140 Å². The van der Waals surface area contributed by atoms with Crippen LogP contribution >= 0.6 is 0 Å². The van der Waals surface area contributed by atoms with E-state index in [1.165, 1.54) is 72.0 Å². The Morgan fingerprint density at radius 1 is 0.421 bits per heavy atom. The molecule has 9 rings (SSSR count). The molecule has 1 heteroatoms. The first-order chi connectivity index (χ1) is 18.9. The van der Waals surface area contributed by atoms with E-state index in [-0.39, 0.29) is 0 Å². The summed E-state index contributed by atoms with van der Waals surface area (Å²) in [7, 11) is 0. The van der Waals surface area contributed by atoms with Gasteiger partial charge in [-0.25, -0.2) is 0 Å². The van der Waals surface area contributed by atoms with Crippen LogP contribution in [0.4, 0.5) is 0 Å². The Kier molecular flexibility index (Phi) is 3.78. The molecular weight excluding hydrogens is 458 g/mol. The molecule has 0 radical (unpaired) electrons. The maximum Gasteiger partial charge on any atom is 0.0760 e. The molecule has 2 aliphatic rings. The van der Waals surface area contributed by atoms with E-state index in [0.717, 1.165) is 0 Å². The largest absolute Gasteiger partial charge is 0.309 e. The van der Waals surface area contributed by atoms with Crippen molar-refractivity contribution >= 4 is 21.8 Å². The van der Waals surface area contributed by atoms with Crippen LogP contribution in [0.5, 0.6) is 0 Å². The van der Waals surface area contributed by atoms with Crippen LogP contribution in [-0.4, -0.2) is 4.57 Å². The summed E-state index contributed by atoms with van der Waals surface area (Å²) in [6, 6.07) is 51.7. The van der Waals surface area contributed by atoms with Gasteiger partial charge in [-0.3, -0.25) is 0 Å². The van der Waals surface area contributed by atoms with Gasteiger partial charge in [-0.1, -0.05) is 127 Å². The van der Waals surface area contributed by atoms with Crippen LogP contribution in [0.2, 0.25) is 0 Å². The molecule has 0 saturated heterocycles. The monoisotopic (exact) mass is 481 g/mol. The lowest BCUT2D eigenvalue weighted by atomic mass is 9.64. The van der Waals surface area contributed by atoms with Gasteiger partial charge in [-0.15, -0.1) is 0 Å². The molecule has 176 valence electrons. The van der Waals surface area contributed by atoms with E-state index < -0.39 is 5.41 Å². The molecule has 1 aromatic heterocycles. The minimum atomic E-state index is -0.418. The number of benzene rings is 6. The fourth-order valence-corrected chi connectivity index (χ4v) is 7.48. The third-order valence-electron chi connectivity index (χ3n) is 8.79. The van der Waals surface area contributed by atoms with E-state index >= 15 is 0 Å². The molecule has 1 unspecified atom stereocenters. The molecular formula is C37H23N. The third kappa shape index (κ3) is 2.25. The van der Waals surface area contributed by atoms with E-state index in [0.29, 0.717) is 0 Å². The van der Waals surface area contributed by atoms with E-state index in [1.807, 2.05) is 0 Å². The Labute approximate surface area is 221 Å². The fourth-order valence-electron chi connectivity index (χ4n) is 7.48. The van der Waals surface area contributed by atoms with Crippen molar-refractivity contribution in [2.24, 2.45) is 0 Å². The quantitative estimate of drug-likeness (QED) is 0.220. The lowest BCUT2D eigenvalue weighted by molar-refractivity contribution is 0.750. The summed E-state index contributed by atoms with van der Waals surface area (Å²) < 4.78 is 2.51. The zero-order valence-corrected chi connectivity index (χ0v) is 20.7. The second-order valence-corrected chi connectivity index (χ2v) is 10.5. The van der Waals surface area contributed by atoms with Crippen LogP contribution < -0.4 is 0 Å². The molecule has 1 aliphatic carbocycles. The average Bonchev–Trinajstić information content (AvgIpc) is 3.49. The molecule has 0 saturated carbocycles. The van der Waals surface area contributed by atoms with Gasteiger partial charge in [-0.2, -0.15) is 0 Å². The predicted molar refractivity (Wildman–Crippen MR) is 157 cm³/mol. The Hall–Kier alpha value is -4.88. The molecule has 1 atom stereocenters. The Morgan fingerprint density at radius 2 is 1.05 bits per heavy atom. The zero-order valence-electron chi connectivity index (χ0n) is 20.7. The Morgan fingerprint density at radius 3 is 1.97 bits per heavy atom. The molecule has 7 aromatic rings. The van der Waals surface area contributed by atoms with Gasteiger partial charge in [0.1, 0.15) is 0 Å². The number of hydrogen-bond acceptors (Lipinski definition) is 0. The summed E-state index contributed by atoms with van der Waals surface area (Å²) in [5.74, 6) is 0. The molecule has 38 heavy (non-hydrogen) atoms. The summed E-state index contributed by atoms with van der Waals surface area (Å²) in [5.41, 5.74) is 14.1. The van der Waals surface area contributed by atoms with Crippen molar-refractivity contribution in [2.45, 2.75) is 5.41 Å². The van der Waals surface area contributed by atoms with Crippen molar-refractivity contribution in [1.82, 2.24) is 4.57 Å². The topological polar surface area (TPSA) is 4.93 Å². The summed E-state index contributed by atoms with van der Waals surface area (Å²) in [6.45, 7) is 0. The van der Waals surface area contributed by atoms with Crippen LogP contribution in [0.1, 0.15) is 22.3 Å². The van der Waals surface area contributed by atoms with Crippen molar-refractivity contribution < 1.29 is 0 Å². The normalized spacial score (nSPS) is 16.5. The van der Waals surface area contributed by atoms with Gasteiger partial charge in [0.05, 0.1) is 22.1 Å². The predicted octanol–water partition coefficient (Wildman–Crippen LogP) is 9.13. The average molecular weight is 482 g/mol. The van der Waals surface area contributed by atoms with Crippen LogP contribution in [0.3, 0.4) is 0 Å². The molecule has 1 spiro atoms. The highest BCUT2D eigenvalue weighted by molar-refractivity contribution is 6.13. The number of hydrogen-bond donors (Lipinski definition) is 0. The highest BCUT2D eigenvalue weighted by atomic mass is 15.0. The molecule has 1 aliphatic heterocycles. The van der Waals surface area contributed by atoms with Crippen molar-refractivity contribution in [3.63, 3.8) is 0 Å². The highest BCUT2D eigenvalue weighted by Crippen LogP contribution is 2.62. The molecule has 1 nitrogen and oxygen atoms in total. The second-order valence-electron chi connectivity index (χ2n) is 10.5. The van der Waals surface area contributed by atoms with Gasteiger partial charge in [0.2, 0.25) is 0 Å². The number of fused-ring (bicyclic) bond motifs is 12. The van der Waals surface area contributed by atoms with Crippen LogP contribution in [0.25, 0.3) is 49.7 Å². The lowest BCUT2D eigenvalue weighted by Gasteiger charge is -2.40. The van der Waals surface area contributed by atoms with Gasteiger partial charge in [0.15, 0.2) is 0 Å². The number of nitrogens with zero attached hydrogens (tertiary/aromatic N) is 1. The Bertz CT molecular complexity index is 2080. The summed E-state index contributed by atoms with van der Waals surface area (Å²) in [4.78, 5) is 0. The molecule has 0 amide bonds. The van der Waals surface area contributed by atoms with Gasteiger partial charge in [0, 0.05) is 10.8 Å². The molecule has 0 bridgehead atoms. The van der Waals surface area contributed by atoms with Crippen molar-refractivity contribution in [2.75, 3.05) is 0 Å². The number of aromatic nitrogens is 1. The van der Waals surface area contributed by atoms with Crippen LogP contribution in [-0.2, 0) is 5.41 Å². The van der Waals surface area contributed by atoms with E-state index in [9.17, 15) is 0 Å². The summed E-state index contributed by atoms with van der Waals surface area (Å²) in [6.07, 6.45) is 0. The second kappa shape index (κ2) is 7.12. The van der Waals surface area contributed by atoms with Gasteiger partial charge in [0.25, 0.3) is 0 Å². The number of para-hydroxylation sites is 3.